The van der Waals surface area contributed by atoms with Gasteiger partial charge in [0.2, 0.25) is 10.0 Å². The Morgan fingerprint density at radius 1 is 1.29 bits per heavy atom. The molecule has 0 amide bonds. The molecule has 2 aliphatic rings. The first-order valence-electron chi connectivity index (χ1n) is 6.93. The van der Waals surface area contributed by atoms with Gasteiger partial charge in [0, 0.05) is 12.8 Å². The fourth-order valence-electron chi connectivity index (χ4n) is 3.02. The van der Waals surface area contributed by atoms with Crippen LogP contribution >= 0.6 is 0 Å². The Morgan fingerprint density at radius 3 is 2.67 bits per heavy atom. The van der Waals surface area contributed by atoms with Crippen LogP contribution in [0.5, 0.6) is 5.75 Å². The summed E-state index contributed by atoms with van der Waals surface area (Å²) in [6.07, 6.45) is 1.95. The smallest absolute Gasteiger partial charge is 0.213 e. The molecule has 3 rings (SSSR count). The number of ether oxygens (including phenoxy) is 1. The highest BCUT2D eigenvalue weighted by Crippen LogP contribution is 2.38. The van der Waals surface area contributed by atoms with Crippen LogP contribution in [-0.2, 0) is 15.8 Å². The average molecular weight is 310 g/mol. The van der Waals surface area contributed by atoms with Crippen LogP contribution in [0.1, 0.15) is 35.2 Å². The zero-order valence-corrected chi connectivity index (χ0v) is 12.4. The molecule has 1 saturated heterocycles. The summed E-state index contributed by atoms with van der Waals surface area (Å²) in [5.74, 6) is 0.281. The van der Waals surface area contributed by atoms with Crippen LogP contribution in [-0.4, -0.2) is 32.9 Å². The third kappa shape index (κ3) is 3.09. The number of hydrogen-bond acceptors (Lipinski definition) is 5. The zero-order chi connectivity index (χ0) is 15.1. The average Bonchev–Trinajstić information content (AvgIpc) is 2.39. The second-order valence-corrected chi connectivity index (χ2v) is 7.39. The van der Waals surface area contributed by atoms with Gasteiger partial charge in [-0.05, 0) is 30.8 Å². The monoisotopic (exact) mass is 310 g/mol. The molecule has 0 unspecified atom stereocenters. The summed E-state index contributed by atoms with van der Waals surface area (Å²) in [7, 11) is -3.61. The lowest BCUT2D eigenvalue weighted by Gasteiger charge is -2.40. The number of fused-ring (bicyclic) bond motifs is 1. The van der Waals surface area contributed by atoms with Crippen molar-refractivity contribution in [3.05, 3.63) is 29.3 Å². The molecular weight excluding hydrogens is 292 g/mol. The first kappa shape index (κ1) is 14.5. The van der Waals surface area contributed by atoms with Gasteiger partial charge in [-0.1, -0.05) is 6.07 Å². The van der Waals surface area contributed by atoms with Crippen molar-refractivity contribution < 1.29 is 17.9 Å². The summed E-state index contributed by atoms with van der Waals surface area (Å²) < 4.78 is 28.4. The normalized spacial score (nSPS) is 20.9. The Hall–Kier alpha value is -1.44. The van der Waals surface area contributed by atoms with Gasteiger partial charge in [-0.2, -0.15) is 0 Å². The van der Waals surface area contributed by atoms with E-state index < -0.39 is 15.6 Å². The molecule has 6 nitrogen and oxygen atoms in total. The maximum atomic E-state index is 12.4. The number of nitrogens with one attached hydrogen (secondary N) is 1. The van der Waals surface area contributed by atoms with E-state index in [0.717, 1.165) is 25.9 Å². The fourth-order valence-corrected chi connectivity index (χ4v) is 3.67. The third-order valence-electron chi connectivity index (χ3n) is 4.04. The minimum absolute atomic E-state index is 0.00872. The SMILES string of the molecule is NS(=O)(=O)Cc1ccc2c(c1)C(=O)CC1(CCNCC1)O2. The number of carbonyl (C=O) groups is 1. The van der Waals surface area contributed by atoms with Crippen molar-refractivity contribution in [3.63, 3.8) is 0 Å². The molecule has 0 aliphatic carbocycles. The van der Waals surface area contributed by atoms with E-state index in [0.29, 0.717) is 23.3 Å². The van der Waals surface area contributed by atoms with E-state index in [2.05, 4.69) is 5.32 Å². The Kier molecular flexibility index (Phi) is 3.51. The molecule has 1 fully saturated rings. The molecule has 0 atom stereocenters. The molecule has 1 spiro atoms. The summed E-state index contributed by atoms with van der Waals surface area (Å²) in [6, 6.07) is 4.91. The standard InChI is InChI=1S/C14H18N2O4S/c15-21(18,19)9-10-1-2-13-11(7-10)12(17)8-14(20-13)3-5-16-6-4-14/h1-2,7,16H,3-6,8-9H2,(H2,15,18,19). The van der Waals surface area contributed by atoms with Crippen molar-refractivity contribution in [2.75, 3.05) is 13.1 Å². The number of Topliss-reactive ketones (excluding diaryl/α,β-unsaturated/α-hetero) is 1. The lowest BCUT2D eigenvalue weighted by Crippen LogP contribution is -2.49. The maximum Gasteiger partial charge on any atom is 0.213 e. The van der Waals surface area contributed by atoms with Crippen molar-refractivity contribution in [2.45, 2.75) is 30.6 Å². The summed E-state index contributed by atoms with van der Waals surface area (Å²) >= 11 is 0. The Morgan fingerprint density at radius 2 is 2.00 bits per heavy atom. The minimum Gasteiger partial charge on any atom is -0.486 e. The minimum atomic E-state index is -3.61. The van der Waals surface area contributed by atoms with Gasteiger partial charge in [-0.15, -0.1) is 0 Å². The van der Waals surface area contributed by atoms with E-state index in [9.17, 15) is 13.2 Å². The molecule has 3 N–H and O–H groups in total. The van der Waals surface area contributed by atoms with Crippen LogP contribution in [0.2, 0.25) is 0 Å². The Labute approximate surface area is 123 Å². The molecule has 0 bridgehead atoms. The van der Waals surface area contributed by atoms with E-state index in [4.69, 9.17) is 9.88 Å². The quantitative estimate of drug-likeness (QED) is 0.832. The van der Waals surface area contributed by atoms with Crippen molar-refractivity contribution >= 4 is 15.8 Å². The number of piperidine rings is 1. The molecular formula is C14H18N2O4S. The predicted molar refractivity (Wildman–Crippen MR) is 77.7 cm³/mol. The second-order valence-electron chi connectivity index (χ2n) is 5.77. The van der Waals surface area contributed by atoms with E-state index in [1.807, 2.05) is 0 Å². The Bertz CT molecular complexity index is 678. The number of primary sulfonamides is 1. The molecule has 0 radical (unpaired) electrons. The van der Waals surface area contributed by atoms with Gasteiger partial charge >= 0.3 is 0 Å². The van der Waals surface area contributed by atoms with E-state index in [1.165, 1.54) is 0 Å². The summed E-state index contributed by atoms with van der Waals surface area (Å²) in [5, 5.41) is 8.30. The van der Waals surface area contributed by atoms with Crippen molar-refractivity contribution in [1.82, 2.24) is 5.32 Å². The summed E-state index contributed by atoms with van der Waals surface area (Å²) in [5.41, 5.74) is 0.561. The largest absolute Gasteiger partial charge is 0.486 e. The lowest BCUT2D eigenvalue weighted by molar-refractivity contribution is 0.0187. The zero-order valence-electron chi connectivity index (χ0n) is 11.6. The van der Waals surface area contributed by atoms with Crippen LogP contribution in [0, 0.1) is 0 Å². The molecule has 2 heterocycles. The highest BCUT2D eigenvalue weighted by atomic mass is 32.2. The van der Waals surface area contributed by atoms with E-state index >= 15 is 0 Å². The molecule has 0 aromatic heterocycles. The topological polar surface area (TPSA) is 98.5 Å². The molecule has 21 heavy (non-hydrogen) atoms. The first-order valence-corrected chi connectivity index (χ1v) is 8.65. The van der Waals surface area contributed by atoms with E-state index in [1.54, 1.807) is 18.2 Å². The number of ketones is 1. The van der Waals surface area contributed by atoms with Crippen LogP contribution in [0.4, 0.5) is 0 Å². The summed E-state index contributed by atoms with van der Waals surface area (Å²) in [6.45, 7) is 1.68. The highest BCUT2D eigenvalue weighted by molar-refractivity contribution is 7.88. The number of hydrogen-bond donors (Lipinski definition) is 2. The van der Waals surface area contributed by atoms with Crippen LogP contribution in [0.15, 0.2) is 18.2 Å². The van der Waals surface area contributed by atoms with Crippen LogP contribution in [0.25, 0.3) is 0 Å². The number of benzene rings is 1. The van der Waals surface area contributed by atoms with Crippen molar-refractivity contribution in [1.29, 1.82) is 0 Å². The number of carbonyl (C=O) groups excluding carboxylic acids is 1. The van der Waals surface area contributed by atoms with Gasteiger partial charge in [-0.3, -0.25) is 4.79 Å². The summed E-state index contributed by atoms with van der Waals surface area (Å²) in [4.78, 5) is 12.4. The van der Waals surface area contributed by atoms with Gasteiger partial charge in [0.15, 0.2) is 5.78 Å². The van der Waals surface area contributed by atoms with Gasteiger partial charge in [0.25, 0.3) is 0 Å². The predicted octanol–water partition coefficient (Wildman–Crippen LogP) is 0.562. The number of rotatable bonds is 2. The maximum absolute atomic E-state index is 12.4. The van der Waals surface area contributed by atoms with Gasteiger partial charge in [-0.25, -0.2) is 13.6 Å². The fraction of sp³-hybridized carbons (Fsp3) is 0.500. The van der Waals surface area contributed by atoms with Crippen LogP contribution in [0.3, 0.4) is 0 Å². The van der Waals surface area contributed by atoms with Gasteiger partial charge in [0.1, 0.15) is 11.4 Å². The molecule has 1 aromatic carbocycles. The van der Waals surface area contributed by atoms with Crippen molar-refractivity contribution in [2.24, 2.45) is 5.14 Å². The number of sulfonamides is 1. The van der Waals surface area contributed by atoms with Gasteiger partial charge in [0.05, 0.1) is 17.7 Å². The van der Waals surface area contributed by atoms with E-state index in [-0.39, 0.29) is 11.5 Å². The number of nitrogens with two attached hydrogens (primary N) is 1. The third-order valence-corrected chi connectivity index (χ3v) is 4.77. The highest BCUT2D eigenvalue weighted by Gasteiger charge is 2.41. The first-order chi connectivity index (χ1) is 9.87. The van der Waals surface area contributed by atoms with Crippen LogP contribution < -0.4 is 15.2 Å². The molecule has 7 heteroatoms. The molecule has 114 valence electrons. The lowest BCUT2D eigenvalue weighted by atomic mass is 9.83. The molecule has 0 saturated carbocycles. The molecule has 1 aromatic rings. The molecule has 2 aliphatic heterocycles. The van der Waals surface area contributed by atoms with Crippen molar-refractivity contribution in [3.8, 4) is 5.75 Å². The Balaban J connectivity index is 1.91. The van der Waals surface area contributed by atoms with Gasteiger partial charge < -0.3 is 10.1 Å². The second kappa shape index (κ2) is 5.08.